The minimum atomic E-state index is -3.91. The summed E-state index contributed by atoms with van der Waals surface area (Å²) in [6.45, 7) is -0.0465. The van der Waals surface area contributed by atoms with Crippen LogP contribution in [0.3, 0.4) is 0 Å². The van der Waals surface area contributed by atoms with E-state index < -0.39 is 10.1 Å². The average molecular weight is 289 g/mol. The van der Waals surface area contributed by atoms with Crippen molar-refractivity contribution in [2.75, 3.05) is 0 Å². The molecule has 3 aromatic rings. The molecule has 0 fully saturated rings. The van der Waals surface area contributed by atoms with Crippen molar-refractivity contribution in [2.24, 2.45) is 4.36 Å². The zero-order chi connectivity index (χ0) is 14.0. The highest BCUT2D eigenvalue weighted by Crippen LogP contribution is 2.22. The molecule has 0 radical (unpaired) electrons. The summed E-state index contributed by atoms with van der Waals surface area (Å²) in [7, 11) is -3.91. The molecule has 102 valence electrons. The molecule has 0 saturated carbocycles. The second-order valence-corrected chi connectivity index (χ2v) is 5.98. The number of benzene rings is 2. The third kappa shape index (κ3) is 2.58. The number of rotatable bonds is 3. The molecule has 1 atom stereocenters. The molecule has 0 aliphatic carbocycles. The number of hydrogen-bond donors (Lipinski definition) is 0. The molecule has 5 heteroatoms. The molecule has 1 aromatic heterocycles. The summed E-state index contributed by atoms with van der Waals surface area (Å²) in [5.74, 6) is 0.483. The van der Waals surface area contributed by atoms with Crippen molar-refractivity contribution in [1.82, 2.24) is 0 Å². The van der Waals surface area contributed by atoms with Crippen molar-refractivity contribution in [2.45, 2.75) is 11.4 Å². The van der Waals surface area contributed by atoms with Crippen molar-refractivity contribution in [1.29, 1.82) is 0 Å². The summed E-state index contributed by atoms with van der Waals surface area (Å²) in [5.41, 5.74) is 0. The largest absolute Gasteiger partial charge is 0.467 e. The number of nitrogens with zero attached hydrogens (tertiary/aromatic N) is 1. The lowest BCUT2D eigenvalue weighted by molar-refractivity contribution is 0.512. The van der Waals surface area contributed by atoms with E-state index >= 15 is 0 Å². The molecule has 0 saturated heterocycles. The van der Waals surface area contributed by atoms with Gasteiger partial charge in [0.25, 0.3) is 0 Å². The van der Waals surface area contributed by atoms with Gasteiger partial charge in [-0.3, -0.25) is 0 Å². The van der Waals surface area contributed by atoms with Gasteiger partial charge in [-0.05, 0) is 35.0 Å². The molecule has 2 aromatic carbocycles. The topological polar surface area (TPSA) is 42.6 Å². The van der Waals surface area contributed by atoms with Crippen LogP contribution in [0.1, 0.15) is 5.76 Å². The second-order valence-electron chi connectivity index (χ2n) is 4.33. The minimum Gasteiger partial charge on any atom is -0.467 e. The quantitative estimate of drug-likeness (QED) is 0.673. The van der Waals surface area contributed by atoms with Crippen LogP contribution in [0.5, 0.6) is 0 Å². The first-order valence-corrected chi connectivity index (χ1v) is 7.50. The van der Waals surface area contributed by atoms with E-state index in [2.05, 4.69) is 4.36 Å². The molecular formula is C15H12FNO2S. The molecule has 0 aliphatic heterocycles. The third-order valence-electron chi connectivity index (χ3n) is 2.98. The number of fused-ring (bicyclic) bond motifs is 1. The normalized spacial score (nSPS) is 14.1. The summed E-state index contributed by atoms with van der Waals surface area (Å²) < 4.78 is 35.0. The van der Waals surface area contributed by atoms with Crippen molar-refractivity contribution in [3.05, 3.63) is 66.6 Å². The van der Waals surface area contributed by atoms with Gasteiger partial charge in [-0.1, -0.05) is 30.3 Å². The average Bonchev–Trinajstić information content (AvgIpc) is 2.98. The summed E-state index contributed by atoms with van der Waals surface area (Å²) in [4.78, 5) is 0.0859. The van der Waals surface area contributed by atoms with Gasteiger partial charge in [0.05, 0.1) is 11.2 Å². The molecule has 0 bridgehead atoms. The van der Waals surface area contributed by atoms with Crippen LogP contribution in [0.4, 0.5) is 3.89 Å². The lowest BCUT2D eigenvalue weighted by atomic mass is 10.1. The SMILES string of the molecule is O=[S@](F)(=NCc1ccco1)c1ccc2ccccc2c1. The molecule has 3 rings (SSSR count). The van der Waals surface area contributed by atoms with Crippen molar-refractivity contribution in [3.63, 3.8) is 0 Å². The monoisotopic (exact) mass is 289 g/mol. The highest BCUT2D eigenvalue weighted by atomic mass is 32.3. The van der Waals surface area contributed by atoms with Gasteiger partial charge in [0.2, 0.25) is 10.1 Å². The highest BCUT2D eigenvalue weighted by Gasteiger charge is 2.11. The van der Waals surface area contributed by atoms with Crippen molar-refractivity contribution >= 4 is 20.9 Å². The van der Waals surface area contributed by atoms with E-state index in [4.69, 9.17) is 4.42 Å². The Labute approximate surface area is 116 Å². The summed E-state index contributed by atoms with van der Waals surface area (Å²) in [6, 6.07) is 15.7. The predicted octanol–water partition coefficient (Wildman–Crippen LogP) is 4.34. The van der Waals surface area contributed by atoms with Crippen LogP contribution in [-0.2, 0) is 16.7 Å². The van der Waals surface area contributed by atoms with E-state index in [1.807, 2.05) is 24.3 Å². The Hall–Kier alpha value is -2.14. The van der Waals surface area contributed by atoms with Gasteiger partial charge in [0, 0.05) is 0 Å². The van der Waals surface area contributed by atoms with Crippen LogP contribution in [0, 0.1) is 0 Å². The minimum absolute atomic E-state index is 0.0465. The fourth-order valence-corrected chi connectivity index (χ4v) is 2.90. The lowest BCUT2D eigenvalue weighted by Crippen LogP contribution is -1.93. The Bertz CT molecular complexity index is 849. The standard InChI is InChI=1S/C15H12FNO2S/c16-20(18,17-11-14-6-3-9-19-14)15-8-7-12-4-1-2-5-13(12)10-15/h1-10H,11H2/t20-/m1/s1. The smallest absolute Gasteiger partial charge is 0.231 e. The molecule has 20 heavy (non-hydrogen) atoms. The van der Waals surface area contributed by atoms with E-state index in [0.29, 0.717) is 5.76 Å². The van der Waals surface area contributed by atoms with E-state index in [1.54, 1.807) is 24.3 Å². The highest BCUT2D eigenvalue weighted by molar-refractivity contribution is 7.88. The van der Waals surface area contributed by atoms with Crippen LogP contribution < -0.4 is 0 Å². The molecule has 0 N–H and O–H groups in total. The summed E-state index contributed by atoms with van der Waals surface area (Å²) in [5, 5.41) is 1.81. The van der Waals surface area contributed by atoms with E-state index in [0.717, 1.165) is 10.8 Å². The fourth-order valence-electron chi connectivity index (χ4n) is 1.95. The predicted molar refractivity (Wildman–Crippen MR) is 76.3 cm³/mol. The Morgan fingerprint density at radius 3 is 2.60 bits per heavy atom. The van der Waals surface area contributed by atoms with E-state index in [1.165, 1.54) is 12.3 Å². The van der Waals surface area contributed by atoms with Crippen molar-refractivity contribution < 1.29 is 12.5 Å². The van der Waals surface area contributed by atoms with Crippen LogP contribution in [0.2, 0.25) is 0 Å². The van der Waals surface area contributed by atoms with Gasteiger partial charge in [0.15, 0.2) is 0 Å². The van der Waals surface area contributed by atoms with Gasteiger partial charge in [-0.25, -0.2) is 4.21 Å². The fraction of sp³-hybridized carbons (Fsp3) is 0.0667. The van der Waals surface area contributed by atoms with Gasteiger partial charge in [-0.15, -0.1) is 3.89 Å². The Morgan fingerprint density at radius 2 is 1.85 bits per heavy atom. The van der Waals surface area contributed by atoms with Crippen LogP contribution in [0.25, 0.3) is 10.8 Å². The molecule has 3 nitrogen and oxygen atoms in total. The van der Waals surface area contributed by atoms with Gasteiger partial charge >= 0.3 is 0 Å². The molecule has 0 unspecified atom stereocenters. The maximum absolute atomic E-state index is 14.3. The Morgan fingerprint density at radius 1 is 1.05 bits per heavy atom. The van der Waals surface area contributed by atoms with E-state index in [9.17, 15) is 8.09 Å². The first kappa shape index (κ1) is 12.9. The van der Waals surface area contributed by atoms with Gasteiger partial charge < -0.3 is 4.42 Å². The van der Waals surface area contributed by atoms with Crippen LogP contribution in [-0.4, -0.2) is 4.21 Å². The van der Waals surface area contributed by atoms with E-state index in [-0.39, 0.29) is 11.4 Å². The number of halogens is 1. The van der Waals surface area contributed by atoms with Gasteiger partial charge in [0.1, 0.15) is 12.3 Å². The van der Waals surface area contributed by atoms with Crippen LogP contribution >= 0.6 is 0 Å². The Balaban J connectivity index is 2.00. The second kappa shape index (κ2) is 5.09. The first-order chi connectivity index (χ1) is 9.65. The Kier molecular flexibility index (Phi) is 3.28. The molecule has 1 heterocycles. The molecule has 0 spiro atoms. The van der Waals surface area contributed by atoms with Crippen LogP contribution in [0.15, 0.2) is 74.5 Å². The maximum atomic E-state index is 14.3. The summed E-state index contributed by atoms with van der Waals surface area (Å²) in [6.07, 6.45) is 1.47. The molecular weight excluding hydrogens is 277 g/mol. The first-order valence-electron chi connectivity index (χ1n) is 6.09. The number of hydrogen-bond acceptors (Lipinski definition) is 3. The molecule has 0 amide bonds. The maximum Gasteiger partial charge on any atom is 0.231 e. The molecule has 0 aliphatic rings. The van der Waals surface area contributed by atoms with Gasteiger partial charge in [-0.2, -0.15) is 4.36 Å². The zero-order valence-corrected chi connectivity index (χ0v) is 11.3. The van der Waals surface area contributed by atoms with Crippen molar-refractivity contribution in [3.8, 4) is 0 Å². The number of furan rings is 1. The zero-order valence-electron chi connectivity index (χ0n) is 10.5. The lowest BCUT2D eigenvalue weighted by Gasteiger charge is -2.03. The third-order valence-corrected chi connectivity index (χ3v) is 4.27. The summed E-state index contributed by atoms with van der Waals surface area (Å²) >= 11 is 0.